The van der Waals surface area contributed by atoms with Gasteiger partial charge in [-0.3, -0.25) is 23.2 Å². The Labute approximate surface area is 221 Å². The molecule has 214 valence electrons. The van der Waals surface area contributed by atoms with Crippen molar-refractivity contribution in [3.05, 3.63) is 35.9 Å². The minimum absolute atomic E-state index is 0.0426. The fourth-order valence-electron chi connectivity index (χ4n) is 2.73. The highest BCUT2D eigenvalue weighted by Crippen LogP contribution is 2.50. The molecule has 1 atom stereocenters. The van der Waals surface area contributed by atoms with E-state index in [-0.39, 0.29) is 19.4 Å². The summed E-state index contributed by atoms with van der Waals surface area (Å²) in [4.78, 5) is 47.8. The fourth-order valence-corrected chi connectivity index (χ4v) is 4.31. The number of hydrogen-bond donors (Lipinski definition) is 0. The molecule has 0 amide bonds. The van der Waals surface area contributed by atoms with Gasteiger partial charge in [0.2, 0.25) is 13.6 Å². The van der Waals surface area contributed by atoms with Crippen LogP contribution >= 0.6 is 7.60 Å². The summed E-state index contributed by atoms with van der Waals surface area (Å²) in [6.45, 7) is 4.70. The lowest BCUT2D eigenvalue weighted by Crippen LogP contribution is -2.24. The van der Waals surface area contributed by atoms with Crippen LogP contribution in [0.15, 0.2) is 30.3 Å². The zero-order valence-corrected chi connectivity index (χ0v) is 23.0. The molecule has 13 nitrogen and oxygen atoms in total. The van der Waals surface area contributed by atoms with Gasteiger partial charge in [-0.05, 0) is 39.7 Å². The largest absolute Gasteiger partial charge is 0.510 e. The molecule has 0 aliphatic rings. The van der Waals surface area contributed by atoms with Crippen LogP contribution in [0.4, 0.5) is 9.59 Å². The van der Waals surface area contributed by atoms with Crippen LogP contribution in [0, 0.1) is 5.92 Å². The van der Waals surface area contributed by atoms with Gasteiger partial charge in [-0.25, -0.2) is 9.59 Å². The predicted octanol–water partition coefficient (Wildman–Crippen LogP) is 4.56. The van der Waals surface area contributed by atoms with E-state index in [0.717, 1.165) is 12.7 Å². The molecule has 1 rings (SSSR count). The van der Waals surface area contributed by atoms with Crippen LogP contribution in [-0.2, 0) is 58.2 Å². The Balaban J connectivity index is 2.81. The Bertz CT molecular complexity index is 901. The number of carbonyl (C=O) groups is 4. The molecule has 0 aliphatic carbocycles. The molecule has 0 bridgehead atoms. The quantitative estimate of drug-likeness (QED) is 0.119. The van der Waals surface area contributed by atoms with Gasteiger partial charge < -0.3 is 28.4 Å². The minimum atomic E-state index is -4.27. The number of benzene rings is 1. The normalized spacial score (nSPS) is 12.0. The van der Waals surface area contributed by atoms with E-state index in [1.54, 1.807) is 52.0 Å². The maximum absolute atomic E-state index is 13.4. The van der Waals surface area contributed by atoms with E-state index in [2.05, 4.69) is 0 Å². The van der Waals surface area contributed by atoms with E-state index in [1.165, 1.54) is 0 Å². The summed E-state index contributed by atoms with van der Waals surface area (Å²) >= 11 is 0. The Morgan fingerprint density at radius 1 is 0.816 bits per heavy atom. The summed E-state index contributed by atoms with van der Waals surface area (Å²) in [6.07, 6.45) is -4.04. The van der Waals surface area contributed by atoms with E-state index >= 15 is 0 Å². The fraction of sp³-hybridized carbons (Fsp3) is 0.583. The van der Waals surface area contributed by atoms with Gasteiger partial charge in [0.25, 0.3) is 0 Å². The Morgan fingerprint density at radius 3 is 1.82 bits per heavy atom. The van der Waals surface area contributed by atoms with E-state index in [4.69, 9.17) is 37.5 Å². The molecule has 0 fully saturated rings. The number of esters is 2. The molecule has 0 N–H and O–H groups in total. The van der Waals surface area contributed by atoms with E-state index in [1.807, 2.05) is 6.07 Å². The van der Waals surface area contributed by atoms with Gasteiger partial charge in [0.15, 0.2) is 0 Å². The van der Waals surface area contributed by atoms with Crippen LogP contribution in [0.2, 0.25) is 0 Å². The van der Waals surface area contributed by atoms with Crippen molar-refractivity contribution < 1.29 is 61.2 Å². The third-order valence-corrected chi connectivity index (χ3v) is 6.32. The lowest BCUT2D eigenvalue weighted by molar-refractivity contribution is -0.147. The molecule has 0 radical (unpaired) electrons. The molecule has 0 saturated carbocycles. The van der Waals surface area contributed by atoms with Crippen LogP contribution in [-0.4, -0.2) is 63.3 Å². The molecular formula is C24H35O13P. The molecular weight excluding hydrogens is 527 g/mol. The van der Waals surface area contributed by atoms with Gasteiger partial charge in [0.05, 0.1) is 31.4 Å². The molecule has 14 heteroatoms. The summed E-state index contributed by atoms with van der Waals surface area (Å²) in [5, 5.41) is 0. The molecule has 1 aromatic rings. The highest BCUT2D eigenvalue weighted by Gasteiger charge is 2.35. The van der Waals surface area contributed by atoms with Gasteiger partial charge in [0.1, 0.15) is 6.61 Å². The second-order valence-corrected chi connectivity index (χ2v) is 10.4. The number of carbonyl (C=O) groups excluding carboxylic acids is 4. The second-order valence-electron chi connectivity index (χ2n) is 8.31. The SMILES string of the molecule is COC(=O)C(CCC(=O)OCc1ccccc1)CP(=O)(OCOC(=O)OC(C)C)OCOC(=O)OC(C)C. The summed E-state index contributed by atoms with van der Waals surface area (Å²) in [5.41, 5.74) is 0.781. The summed E-state index contributed by atoms with van der Waals surface area (Å²) < 4.78 is 52.6. The van der Waals surface area contributed by atoms with Crippen molar-refractivity contribution >= 4 is 31.8 Å². The topological polar surface area (TPSA) is 159 Å². The molecule has 0 heterocycles. The van der Waals surface area contributed by atoms with Crippen molar-refractivity contribution in [3.63, 3.8) is 0 Å². The molecule has 1 aromatic carbocycles. The van der Waals surface area contributed by atoms with Crippen molar-refractivity contribution in [3.8, 4) is 0 Å². The monoisotopic (exact) mass is 562 g/mol. The predicted molar refractivity (Wildman–Crippen MR) is 131 cm³/mol. The maximum atomic E-state index is 13.4. The highest BCUT2D eigenvalue weighted by atomic mass is 31.2. The number of ether oxygens (including phenoxy) is 6. The first kappa shape index (κ1) is 32.9. The maximum Gasteiger partial charge on any atom is 0.510 e. The molecule has 1 unspecified atom stereocenters. The first-order chi connectivity index (χ1) is 17.9. The van der Waals surface area contributed by atoms with Gasteiger partial charge in [-0.15, -0.1) is 0 Å². The second kappa shape index (κ2) is 17.4. The smallest absolute Gasteiger partial charge is 0.469 e. The molecule has 0 saturated heterocycles. The third kappa shape index (κ3) is 14.6. The Hall–Kier alpha value is -3.15. The number of hydrogen-bond acceptors (Lipinski definition) is 13. The van der Waals surface area contributed by atoms with E-state index < -0.39 is 69.7 Å². The minimum Gasteiger partial charge on any atom is -0.469 e. The number of rotatable bonds is 16. The van der Waals surface area contributed by atoms with Crippen LogP contribution in [0.1, 0.15) is 46.1 Å². The highest BCUT2D eigenvalue weighted by molar-refractivity contribution is 7.53. The lowest BCUT2D eigenvalue weighted by Gasteiger charge is -2.22. The van der Waals surface area contributed by atoms with Crippen molar-refractivity contribution in [2.45, 2.75) is 59.4 Å². The zero-order chi connectivity index (χ0) is 28.6. The summed E-state index contributed by atoms with van der Waals surface area (Å²) in [7, 11) is -3.15. The molecule has 38 heavy (non-hydrogen) atoms. The van der Waals surface area contributed by atoms with Gasteiger partial charge in [0, 0.05) is 6.42 Å². The van der Waals surface area contributed by atoms with Crippen LogP contribution in [0.25, 0.3) is 0 Å². The number of methoxy groups -OCH3 is 1. The van der Waals surface area contributed by atoms with Crippen molar-refractivity contribution in [2.75, 3.05) is 26.9 Å². The van der Waals surface area contributed by atoms with Crippen molar-refractivity contribution in [1.82, 2.24) is 0 Å². The molecule has 0 aliphatic heterocycles. The Kier molecular flexibility index (Phi) is 15.0. The van der Waals surface area contributed by atoms with Gasteiger partial charge in [-0.1, -0.05) is 30.3 Å². The van der Waals surface area contributed by atoms with Crippen LogP contribution < -0.4 is 0 Å². The first-order valence-electron chi connectivity index (χ1n) is 11.8. The van der Waals surface area contributed by atoms with Crippen molar-refractivity contribution in [1.29, 1.82) is 0 Å². The first-order valence-corrected chi connectivity index (χ1v) is 13.5. The summed E-state index contributed by atoms with van der Waals surface area (Å²) in [5.74, 6) is -2.53. The average molecular weight is 563 g/mol. The average Bonchev–Trinajstić information content (AvgIpc) is 2.84. The standard InChI is InChI=1S/C24H35O13P/c1-17(2)36-23(27)32-15-34-38(29,35-16-33-24(28)37-18(3)4)14-20(22(26)30-5)11-12-21(25)31-13-19-9-7-6-8-10-19/h6-10,17-18,20H,11-16H2,1-5H3. The van der Waals surface area contributed by atoms with E-state index in [9.17, 15) is 23.7 Å². The lowest BCUT2D eigenvalue weighted by atomic mass is 10.1. The van der Waals surface area contributed by atoms with Crippen LogP contribution in [0.3, 0.4) is 0 Å². The molecule has 0 aromatic heterocycles. The van der Waals surface area contributed by atoms with E-state index in [0.29, 0.717) is 0 Å². The van der Waals surface area contributed by atoms with Crippen LogP contribution in [0.5, 0.6) is 0 Å². The van der Waals surface area contributed by atoms with Crippen molar-refractivity contribution in [2.24, 2.45) is 5.92 Å². The van der Waals surface area contributed by atoms with Gasteiger partial charge in [-0.2, -0.15) is 0 Å². The zero-order valence-electron chi connectivity index (χ0n) is 22.1. The summed E-state index contributed by atoms with van der Waals surface area (Å²) in [6, 6.07) is 8.99. The Morgan fingerprint density at radius 2 is 1.34 bits per heavy atom. The third-order valence-electron chi connectivity index (χ3n) is 4.43. The molecule has 0 spiro atoms. The van der Waals surface area contributed by atoms with Gasteiger partial charge >= 0.3 is 31.8 Å².